The van der Waals surface area contributed by atoms with Gasteiger partial charge in [-0.1, -0.05) is 42.2 Å². The lowest BCUT2D eigenvalue weighted by Crippen LogP contribution is -2.08. The van der Waals surface area contributed by atoms with Crippen LogP contribution in [0.1, 0.15) is 39.4 Å². The zero-order chi connectivity index (χ0) is 12.2. The smallest absolute Gasteiger partial charge is 0.0924 e. The third-order valence-corrected chi connectivity index (χ3v) is 2.29. The quantitative estimate of drug-likeness (QED) is 0.751. The molecule has 1 aromatic carbocycles. The molecule has 0 amide bonds. The molecule has 16 heavy (non-hydrogen) atoms. The van der Waals surface area contributed by atoms with Crippen LogP contribution in [0.15, 0.2) is 30.3 Å². The Morgan fingerprint density at radius 3 is 2.19 bits per heavy atom. The van der Waals surface area contributed by atoms with Gasteiger partial charge in [0, 0.05) is 11.3 Å². The summed E-state index contributed by atoms with van der Waals surface area (Å²) in [4.78, 5) is 0. The van der Waals surface area contributed by atoms with Crippen molar-refractivity contribution in [2.24, 2.45) is 11.3 Å². The highest BCUT2D eigenvalue weighted by molar-refractivity contribution is 5.21. The van der Waals surface area contributed by atoms with Crippen LogP contribution in [0.25, 0.3) is 0 Å². The van der Waals surface area contributed by atoms with Crippen molar-refractivity contribution in [2.75, 3.05) is 0 Å². The van der Waals surface area contributed by atoms with E-state index in [2.05, 4.69) is 32.6 Å². The molecule has 0 unspecified atom stereocenters. The Hall–Kier alpha value is -1.26. The summed E-state index contributed by atoms with van der Waals surface area (Å²) in [5.41, 5.74) is 0.920. The van der Waals surface area contributed by atoms with Crippen LogP contribution >= 0.6 is 0 Å². The zero-order valence-corrected chi connectivity index (χ0v) is 10.5. The van der Waals surface area contributed by atoms with E-state index in [-0.39, 0.29) is 11.3 Å². The van der Waals surface area contributed by atoms with E-state index in [0.29, 0.717) is 0 Å². The Labute approximate surface area is 98.5 Å². The molecule has 0 fully saturated rings. The third-order valence-electron chi connectivity index (χ3n) is 2.29. The first kappa shape index (κ1) is 12.8. The topological polar surface area (TPSA) is 20.2 Å². The SMILES string of the molecule is C[C@@H](C#CC(C)(C)C)[C@@H](O)c1ccccc1. The van der Waals surface area contributed by atoms with Gasteiger partial charge in [-0.3, -0.25) is 0 Å². The molecule has 0 aliphatic heterocycles. The van der Waals surface area contributed by atoms with Crippen molar-refractivity contribution in [1.82, 2.24) is 0 Å². The Morgan fingerprint density at radius 1 is 1.12 bits per heavy atom. The Morgan fingerprint density at radius 2 is 1.69 bits per heavy atom. The fourth-order valence-electron chi connectivity index (χ4n) is 1.35. The predicted molar refractivity (Wildman–Crippen MR) is 67.8 cm³/mol. The van der Waals surface area contributed by atoms with Gasteiger partial charge < -0.3 is 5.11 Å². The van der Waals surface area contributed by atoms with Gasteiger partial charge in [0.25, 0.3) is 0 Å². The number of benzene rings is 1. The summed E-state index contributed by atoms with van der Waals surface area (Å²) < 4.78 is 0. The molecule has 0 heterocycles. The van der Waals surface area contributed by atoms with Crippen molar-refractivity contribution in [1.29, 1.82) is 0 Å². The monoisotopic (exact) mass is 216 g/mol. The zero-order valence-electron chi connectivity index (χ0n) is 10.5. The number of aliphatic hydroxyl groups is 1. The molecular formula is C15H20O. The molecule has 0 aliphatic carbocycles. The van der Waals surface area contributed by atoms with Gasteiger partial charge in [0.1, 0.15) is 0 Å². The lowest BCUT2D eigenvalue weighted by atomic mass is 9.93. The van der Waals surface area contributed by atoms with Crippen molar-refractivity contribution in [3.63, 3.8) is 0 Å². The first-order chi connectivity index (χ1) is 7.40. The summed E-state index contributed by atoms with van der Waals surface area (Å²) in [7, 11) is 0. The van der Waals surface area contributed by atoms with E-state index in [0.717, 1.165) is 5.56 Å². The second-order valence-electron chi connectivity index (χ2n) is 5.16. The highest BCUT2D eigenvalue weighted by Crippen LogP contribution is 2.21. The molecule has 0 bridgehead atoms. The van der Waals surface area contributed by atoms with Crippen LogP contribution in [-0.4, -0.2) is 5.11 Å². The second kappa shape index (κ2) is 5.18. The van der Waals surface area contributed by atoms with Crippen LogP contribution in [-0.2, 0) is 0 Å². The summed E-state index contributed by atoms with van der Waals surface area (Å²) in [6, 6.07) is 9.67. The number of hydrogen-bond donors (Lipinski definition) is 1. The summed E-state index contributed by atoms with van der Waals surface area (Å²) in [6.45, 7) is 8.17. The summed E-state index contributed by atoms with van der Waals surface area (Å²) in [5, 5.41) is 10.1. The van der Waals surface area contributed by atoms with E-state index < -0.39 is 6.10 Å². The van der Waals surface area contributed by atoms with Crippen LogP contribution in [0, 0.1) is 23.2 Å². The Balaban J connectivity index is 2.75. The van der Waals surface area contributed by atoms with E-state index in [1.165, 1.54) is 0 Å². The molecule has 0 radical (unpaired) electrons. The van der Waals surface area contributed by atoms with Gasteiger partial charge in [0.05, 0.1) is 6.10 Å². The fraction of sp³-hybridized carbons (Fsp3) is 0.467. The molecule has 1 rings (SSSR count). The third kappa shape index (κ3) is 4.08. The maximum Gasteiger partial charge on any atom is 0.0924 e. The van der Waals surface area contributed by atoms with E-state index in [1.807, 2.05) is 37.3 Å². The molecule has 2 atom stereocenters. The standard InChI is InChI=1S/C15H20O/c1-12(10-11-15(2,3)4)14(16)13-8-6-5-7-9-13/h5-9,12,14,16H,1-4H3/t12-,14+/m0/s1. The summed E-state index contributed by atoms with van der Waals surface area (Å²) >= 11 is 0. The molecule has 0 saturated carbocycles. The van der Waals surface area contributed by atoms with Crippen molar-refractivity contribution in [3.8, 4) is 11.8 Å². The molecule has 0 spiro atoms. The minimum atomic E-state index is -0.504. The van der Waals surface area contributed by atoms with E-state index in [4.69, 9.17) is 0 Å². The van der Waals surface area contributed by atoms with Crippen molar-refractivity contribution >= 4 is 0 Å². The lowest BCUT2D eigenvalue weighted by molar-refractivity contribution is 0.143. The maximum absolute atomic E-state index is 10.1. The van der Waals surface area contributed by atoms with Gasteiger partial charge in [0.15, 0.2) is 0 Å². The molecule has 86 valence electrons. The first-order valence-electron chi connectivity index (χ1n) is 5.66. The Bertz CT molecular complexity index is 375. The van der Waals surface area contributed by atoms with E-state index in [1.54, 1.807) is 0 Å². The summed E-state index contributed by atoms with van der Waals surface area (Å²) in [5.74, 6) is 6.24. The van der Waals surface area contributed by atoms with Crippen molar-refractivity contribution in [2.45, 2.75) is 33.8 Å². The highest BCUT2D eigenvalue weighted by Gasteiger charge is 2.14. The van der Waals surface area contributed by atoms with Crippen LogP contribution in [0.4, 0.5) is 0 Å². The van der Waals surface area contributed by atoms with Crippen LogP contribution in [0.5, 0.6) is 0 Å². The normalized spacial score (nSPS) is 14.8. The van der Waals surface area contributed by atoms with Gasteiger partial charge in [-0.25, -0.2) is 0 Å². The van der Waals surface area contributed by atoms with Crippen LogP contribution < -0.4 is 0 Å². The molecule has 0 aliphatic rings. The average Bonchev–Trinajstić information content (AvgIpc) is 2.25. The van der Waals surface area contributed by atoms with Gasteiger partial charge >= 0.3 is 0 Å². The molecule has 1 heteroatoms. The Kier molecular flexibility index (Phi) is 4.15. The number of hydrogen-bond acceptors (Lipinski definition) is 1. The fourth-order valence-corrected chi connectivity index (χ4v) is 1.35. The molecule has 1 aromatic rings. The van der Waals surface area contributed by atoms with E-state index in [9.17, 15) is 5.11 Å². The average molecular weight is 216 g/mol. The minimum absolute atomic E-state index is 0.00926. The highest BCUT2D eigenvalue weighted by atomic mass is 16.3. The second-order valence-corrected chi connectivity index (χ2v) is 5.16. The van der Waals surface area contributed by atoms with Gasteiger partial charge in [-0.2, -0.15) is 0 Å². The van der Waals surface area contributed by atoms with Crippen molar-refractivity contribution in [3.05, 3.63) is 35.9 Å². The minimum Gasteiger partial charge on any atom is -0.387 e. The lowest BCUT2D eigenvalue weighted by Gasteiger charge is -2.15. The van der Waals surface area contributed by atoms with E-state index >= 15 is 0 Å². The van der Waals surface area contributed by atoms with Crippen LogP contribution in [0.2, 0.25) is 0 Å². The largest absolute Gasteiger partial charge is 0.387 e. The van der Waals surface area contributed by atoms with Crippen molar-refractivity contribution < 1.29 is 5.11 Å². The van der Waals surface area contributed by atoms with Gasteiger partial charge in [-0.15, -0.1) is 0 Å². The molecule has 0 aromatic heterocycles. The summed E-state index contributed by atoms with van der Waals surface area (Å²) in [6.07, 6.45) is -0.504. The molecule has 1 nitrogen and oxygen atoms in total. The molecular weight excluding hydrogens is 196 g/mol. The maximum atomic E-state index is 10.1. The predicted octanol–water partition coefficient (Wildman–Crippen LogP) is 3.41. The number of aliphatic hydroxyl groups excluding tert-OH is 1. The van der Waals surface area contributed by atoms with Gasteiger partial charge in [-0.05, 0) is 33.3 Å². The first-order valence-corrected chi connectivity index (χ1v) is 5.66. The molecule has 0 saturated heterocycles. The van der Waals surface area contributed by atoms with Crippen LogP contribution in [0.3, 0.4) is 0 Å². The van der Waals surface area contributed by atoms with Gasteiger partial charge in [0.2, 0.25) is 0 Å². The molecule has 1 N–H and O–H groups in total. The number of rotatable bonds is 2.